The fourth-order valence-electron chi connectivity index (χ4n) is 1.71. The van der Waals surface area contributed by atoms with Crippen molar-refractivity contribution in [3.8, 4) is 5.69 Å². The molecule has 0 aliphatic carbocycles. The van der Waals surface area contributed by atoms with Gasteiger partial charge in [0.25, 0.3) is 0 Å². The summed E-state index contributed by atoms with van der Waals surface area (Å²) >= 11 is 0. The van der Waals surface area contributed by atoms with E-state index < -0.39 is 0 Å². The Hall–Kier alpha value is -1.74. The lowest BCUT2D eigenvalue weighted by Gasteiger charge is -2.13. The summed E-state index contributed by atoms with van der Waals surface area (Å²) in [5.41, 5.74) is 3.14. The van der Waals surface area contributed by atoms with Crippen molar-refractivity contribution in [1.82, 2.24) is 4.57 Å². The van der Waals surface area contributed by atoms with E-state index in [1.807, 2.05) is 37.0 Å². The van der Waals surface area contributed by atoms with Gasteiger partial charge in [0.1, 0.15) is 0 Å². The second-order valence-electron chi connectivity index (χ2n) is 3.94. The van der Waals surface area contributed by atoms with Gasteiger partial charge in [-0.1, -0.05) is 0 Å². The van der Waals surface area contributed by atoms with Gasteiger partial charge in [0.2, 0.25) is 0 Å². The largest absolute Gasteiger partial charge is 0.390 e. The number of benzene rings is 1. The second kappa shape index (κ2) is 4.41. The monoisotopic (exact) mass is 216 g/mol. The van der Waals surface area contributed by atoms with Gasteiger partial charge in [0.05, 0.1) is 6.61 Å². The van der Waals surface area contributed by atoms with Gasteiger partial charge in [-0.2, -0.15) is 0 Å². The molecule has 0 saturated heterocycles. The number of nitrogens with zero attached hydrogens (tertiary/aromatic N) is 2. The highest BCUT2D eigenvalue weighted by molar-refractivity contribution is 5.50. The van der Waals surface area contributed by atoms with Crippen LogP contribution in [-0.4, -0.2) is 23.8 Å². The fraction of sp³-hybridized carbons (Fsp3) is 0.231. The highest BCUT2D eigenvalue weighted by Gasteiger charge is 2.02. The van der Waals surface area contributed by atoms with Crippen molar-refractivity contribution in [2.24, 2.45) is 0 Å². The summed E-state index contributed by atoms with van der Waals surface area (Å²) in [4.78, 5) is 2.06. The molecule has 0 radical (unpaired) electrons. The minimum atomic E-state index is 0.0580. The molecule has 0 unspecified atom stereocenters. The van der Waals surface area contributed by atoms with Crippen molar-refractivity contribution in [1.29, 1.82) is 0 Å². The molecule has 1 heterocycles. The fourth-order valence-corrected chi connectivity index (χ4v) is 1.71. The first kappa shape index (κ1) is 10.8. The predicted molar refractivity (Wildman–Crippen MR) is 66.0 cm³/mol. The van der Waals surface area contributed by atoms with E-state index >= 15 is 0 Å². The van der Waals surface area contributed by atoms with E-state index in [1.54, 1.807) is 0 Å². The molecular formula is C13H16N2O. The summed E-state index contributed by atoms with van der Waals surface area (Å²) in [7, 11) is 4.04. The van der Waals surface area contributed by atoms with Crippen molar-refractivity contribution in [2.75, 3.05) is 19.0 Å². The standard InChI is InChI=1S/C13H16N2O/c1-14(2)11-5-7-12(8-6-11)15-9-3-4-13(15)10-16/h3-9,16H,10H2,1-2H3. The molecule has 1 aromatic heterocycles. The van der Waals surface area contributed by atoms with Crippen LogP contribution in [0.1, 0.15) is 5.69 Å². The molecule has 0 fully saturated rings. The Morgan fingerprint density at radius 3 is 2.38 bits per heavy atom. The summed E-state index contributed by atoms with van der Waals surface area (Å²) in [6.07, 6.45) is 1.95. The second-order valence-corrected chi connectivity index (χ2v) is 3.94. The van der Waals surface area contributed by atoms with Crippen LogP contribution in [-0.2, 0) is 6.61 Å². The van der Waals surface area contributed by atoms with E-state index in [2.05, 4.69) is 29.2 Å². The van der Waals surface area contributed by atoms with Crippen molar-refractivity contribution in [3.05, 3.63) is 48.3 Å². The van der Waals surface area contributed by atoms with Crippen molar-refractivity contribution >= 4 is 5.69 Å². The molecule has 0 aliphatic heterocycles. The number of aliphatic hydroxyl groups excluding tert-OH is 1. The van der Waals surface area contributed by atoms with Gasteiger partial charge in [-0.3, -0.25) is 0 Å². The van der Waals surface area contributed by atoms with Crippen LogP contribution in [0.3, 0.4) is 0 Å². The Labute approximate surface area is 95.6 Å². The van der Waals surface area contributed by atoms with Crippen LogP contribution in [0.15, 0.2) is 42.6 Å². The average Bonchev–Trinajstić information content (AvgIpc) is 2.77. The molecule has 3 heteroatoms. The normalized spacial score (nSPS) is 10.4. The van der Waals surface area contributed by atoms with Gasteiger partial charge in [0, 0.05) is 37.4 Å². The molecule has 1 aromatic carbocycles. The SMILES string of the molecule is CN(C)c1ccc(-n2cccc2CO)cc1. The van der Waals surface area contributed by atoms with Gasteiger partial charge in [-0.05, 0) is 36.4 Å². The van der Waals surface area contributed by atoms with Crippen molar-refractivity contribution in [2.45, 2.75) is 6.61 Å². The van der Waals surface area contributed by atoms with Crippen LogP contribution >= 0.6 is 0 Å². The summed E-state index contributed by atoms with van der Waals surface area (Å²) < 4.78 is 1.99. The maximum Gasteiger partial charge on any atom is 0.0836 e. The van der Waals surface area contributed by atoms with E-state index in [0.717, 1.165) is 11.4 Å². The van der Waals surface area contributed by atoms with Crippen LogP contribution < -0.4 is 4.90 Å². The third-order valence-electron chi connectivity index (χ3n) is 2.64. The number of hydrogen-bond donors (Lipinski definition) is 1. The summed E-state index contributed by atoms with van der Waals surface area (Å²) in [6, 6.07) is 12.1. The van der Waals surface area contributed by atoms with Crippen LogP contribution in [0, 0.1) is 0 Å². The number of anilines is 1. The van der Waals surface area contributed by atoms with E-state index in [9.17, 15) is 5.11 Å². The van der Waals surface area contributed by atoms with Crippen LogP contribution in [0.5, 0.6) is 0 Å². The van der Waals surface area contributed by atoms with E-state index in [0.29, 0.717) is 0 Å². The number of aliphatic hydroxyl groups is 1. The Bertz CT molecular complexity index is 457. The lowest BCUT2D eigenvalue weighted by Crippen LogP contribution is -2.08. The Morgan fingerprint density at radius 1 is 1.12 bits per heavy atom. The Balaban J connectivity index is 2.35. The van der Waals surface area contributed by atoms with Crippen LogP contribution in [0.4, 0.5) is 5.69 Å². The van der Waals surface area contributed by atoms with Crippen molar-refractivity contribution in [3.63, 3.8) is 0 Å². The molecule has 0 amide bonds. The number of hydrogen-bond acceptors (Lipinski definition) is 2. The molecule has 1 N–H and O–H groups in total. The first-order valence-electron chi connectivity index (χ1n) is 5.27. The summed E-state index contributed by atoms with van der Waals surface area (Å²) in [5, 5.41) is 9.18. The highest BCUT2D eigenvalue weighted by atomic mass is 16.3. The zero-order valence-electron chi connectivity index (χ0n) is 9.59. The zero-order chi connectivity index (χ0) is 11.5. The molecule has 84 valence electrons. The van der Waals surface area contributed by atoms with Gasteiger partial charge >= 0.3 is 0 Å². The van der Waals surface area contributed by atoms with Crippen LogP contribution in [0.2, 0.25) is 0 Å². The first-order valence-corrected chi connectivity index (χ1v) is 5.27. The number of aromatic nitrogens is 1. The van der Waals surface area contributed by atoms with E-state index in [-0.39, 0.29) is 6.61 Å². The molecule has 0 atom stereocenters. The zero-order valence-corrected chi connectivity index (χ0v) is 9.59. The maximum atomic E-state index is 9.18. The van der Waals surface area contributed by atoms with E-state index in [1.165, 1.54) is 5.69 Å². The quantitative estimate of drug-likeness (QED) is 0.850. The lowest BCUT2D eigenvalue weighted by atomic mass is 10.2. The van der Waals surface area contributed by atoms with Gasteiger partial charge in [0.15, 0.2) is 0 Å². The predicted octanol–water partition coefficient (Wildman–Crippen LogP) is 2.04. The van der Waals surface area contributed by atoms with Crippen molar-refractivity contribution < 1.29 is 5.11 Å². The minimum Gasteiger partial charge on any atom is -0.390 e. The molecule has 0 bridgehead atoms. The minimum absolute atomic E-state index is 0.0580. The third-order valence-corrected chi connectivity index (χ3v) is 2.64. The molecule has 0 aliphatic rings. The molecule has 0 saturated carbocycles. The highest BCUT2D eigenvalue weighted by Crippen LogP contribution is 2.17. The lowest BCUT2D eigenvalue weighted by molar-refractivity contribution is 0.274. The topological polar surface area (TPSA) is 28.4 Å². The average molecular weight is 216 g/mol. The molecule has 2 rings (SSSR count). The summed E-state index contributed by atoms with van der Waals surface area (Å²) in [5.74, 6) is 0. The first-order chi connectivity index (χ1) is 7.72. The smallest absolute Gasteiger partial charge is 0.0836 e. The Kier molecular flexibility index (Phi) is 2.97. The molecule has 2 aromatic rings. The molecule has 0 spiro atoms. The molecular weight excluding hydrogens is 200 g/mol. The number of rotatable bonds is 3. The van der Waals surface area contributed by atoms with Gasteiger partial charge < -0.3 is 14.6 Å². The molecule has 3 nitrogen and oxygen atoms in total. The summed E-state index contributed by atoms with van der Waals surface area (Å²) in [6.45, 7) is 0.0580. The van der Waals surface area contributed by atoms with Crippen LogP contribution in [0.25, 0.3) is 5.69 Å². The van der Waals surface area contributed by atoms with Gasteiger partial charge in [-0.25, -0.2) is 0 Å². The third kappa shape index (κ3) is 1.95. The molecule has 16 heavy (non-hydrogen) atoms. The van der Waals surface area contributed by atoms with Gasteiger partial charge in [-0.15, -0.1) is 0 Å². The maximum absolute atomic E-state index is 9.18. The van der Waals surface area contributed by atoms with E-state index in [4.69, 9.17) is 0 Å². The Morgan fingerprint density at radius 2 is 1.81 bits per heavy atom.